The van der Waals surface area contributed by atoms with E-state index in [2.05, 4.69) is 22.2 Å². The summed E-state index contributed by atoms with van der Waals surface area (Å²) in [5.74, 6) is 1.65. The molecule has 0 N–H and O–H groups in total. The minimum atomic E-state index is -0.0704. The highest BCUT2D eigenvalue weighted by Crippen LogP contribution is 2.39. The summed E-state index contributed by atoms with van der Waals surface area (Å²) in [4.78, 5) is 17.7. The Hall–Kier alpha value is -3.61. The second-order valence-electron chi connectivity index (χ2n) is 8.98. The summed E-state index contributed by atoms with van der Waals surface area (Å²) < 4.78 is 15.6. The third-order valence-corrected chi connectivity index (χ3v) is 5.95. The van der Waals surface area contributed by atoms with Gasteiger partial charge in [0.15, 0.2) is 5.78 Å². The first-order valence-electron chi connectivity index (χ1n) is 11.3. The molecular formula is C26H28N4O3. The lowest BCUT2D eigenvalue weighted by Gasteiger charge is -2.18. The SMILES string of the molecule is COc1cc(-n2cnc3cc(-c4cnn(C)c4)ccc32)cc(OC(C)C)c1C(=O)CC1CC1. The van der Waals surface area contributed by atoms with E-state index in [1.54, 1.807) is 18.1 Å². The maximum absolute atomic E-state index is 13.1. The van der Waals surface area contributed by atoms with Crippen LogP contribution in [0.3, 0.4) is 0 Å². The molecule has 4 aromatic rings. The van der Waals surface area contributed by atoms with Crippen LogP contribution < -0.4 is 9.47 Å². The minimum Gasteiger partial charge on any atom is -0.496 e. The van der Waals surface area contributed by atoms with Crippen molar-refractivity contribution in [3.05, 3.63) is 54.6 Å². The molecule has 7 nitrogen and oxygen atoms in total. The van der Waals surface area contributed by atoms with Crippen molar-refractivity contribution in [3.8, 4) is 28.3 Å². The van der Waals surface area contributed by atoms with E-state index in [1.807, 2.05) is 56.1 Å². The molecule has 1 aliphatic carbocycles. The van der Waals surface area contributed by atoms with E-state index in [1.165, 1.54) is 0 Å². The van der Waals surface area contributed by atoms with Gasteiger partial charge in [-0.3, -0.25) is 14.0 Å². The number of aromatic nitrogens is 4. The topological polar surface area (TPSA) is 71.2 Å². The van der Waals surface area contributed by atoms with Gasteiger partial charge in [0.05, 0.1) is 36.1 Å². The molecule has 5 rings (SSSR count). The number of fused-ring (bicyclic) bond motifs is 1. The summed E-state index contributed by atoms with van der Waals surface area (Å²) in [5, 5.41) is 4.26. The number of ketones is 1. The highest BCUT2D eigenvalue weighted by Gasteiger charge is 2.29. The summed E-state index contributed by atoms with van der Waals surface area (Å²) in [6.45, 7) is 3.92. The molecule has 0 amide bonds. The van der Waals surface area contributed by atoms with E-state index < -0.39 is 0 Å². The molecule has 1 aliphatic rings. The highest BCUT2D eigenvalue weighted by molar-refractivity contribution is 6.02. The Kier molecular flexibility index (Phi) is 5.40. The van der Waals surface area contributed by atoms with Gasteiger partial charge < -0.3 is 9.47 Å². The molecule has 2 aromatic heterocycles. The van der Waals surface area contributed by atoms with Gasteiger partial charge >= 0.3 is 0 Å². The maximum atomic E-state index is 13.1. The predicted molar refractivity (Wildman–Crippen MR) is 127 cm³/mol. The van der Waals surface area contributed by atoms with Crippen molar-refractivity contribution in [2.45, 2.75) is 39.2 Å². The van der Waals surface area contributed by atoms with Gasteiger partial charge in [0.1, 0.15) is 23.4 Å². The maximum Gasteiger partial charge on any atom is 0.170 e. The van der Waals surface area contributed by atoms with Crippen molar-refractivity contribution in [3.63, 3.8) is 0 Å². The first-order valence-corrected chi connectivity index (χ1v) is 11.3. The molecule has 170 valence electrons. The Morgan fingerprint density at radius 3 is 2.61 bits per heavy atom. The average Bonchev–Trinajstić information content (AvgIpc) is 3.32. The number of methoxy groups -OCH3 is 1. The zero-order valence-corrected chi connectivity index (χ0v) is 19.4. The molecular weight excluding hydrogens is 416 g/mol. The lowest BCUT2D eigenvalue weighted by atomic mass is 10.0. The van der Waals surface area contributed by atoms with E-state index in [9.17, 15) is 4.79 Å². The fourth-order valence-electron chi connectivity index (χ4n) is 4.15. The molecule has 0 spiro atoms. The summed E-state index contributed by atoms with van der Waals surface area (Å²) in [6.07, 6.45) is 8.32. The second-order valence-corrected chi connectivity index (χ2v) is 8.98. The number of ether oxygens (including phenoxy) is 2. The number of imidazole rings is 1. The zero-order valence-electron chi connectivity index (χ0n) is 19.4. The molecule has 0 unspecified atom stereocenters. The predicted octanol–water partition coefficient (Wildman–Crippen LogP) is 5.20. The quantitative estimate of drug-likeness (QED) is 0.349. The summed E-state index contributed by atoms with van der Waals surface area (Å²) in [7, 11) is 3.50. The third-order valence-electron chi connectivity index (χ3n) is 5.95. The summed E-state index contributed by atoms with van der Waals surface area (Å²) in [5.41, 5.74) is 5.30. The summed E-state index contributed by atoms with van der Waals surface area (Å²) in [6, 6.07) is 9.97. The number of hydrogen-bond acceptors (Lipinski definition) is 5. The molecule has 33 heavy (non-hydrogen) atoms. The largest absolute Gasteiger partial charge is 0.496 e. The van der Waals surface area contributed by atoms with Crippen LogP contribution in [0.25, 0.3) is 27.8 Å². The van der Waals surface area contributed by atoms with Crippen LogP contribution in [-0.2, 0) is 7.05 Å². The van der Waals surface area contributed by atoms with Crippen molar-refractivity contribution in [1.29, 1.82) is 0 Å². The first-order chi connectivity index (χ1) is 15.9. The van der Waals surface area contributed by atoms with Crippen molar-refractivity contribution in [2.75, 3.05) is 7.11 Å². The van der Waals surface area contributed by atoms with Gasteiger partial charge in [0, 0.05) is 37.4 Å². The van der Waals surface area contributed by atoms with Crippen LogP contribution in [0.4, 0.5) is 0 Å². The number of aryl methyl sites for hydroxylation is 1. The van der Waals surface area contributed by atoms with E-state index in [0.29, 0.717) is 29.4 Å². The molecule has 0 saturated heterocycles. The molecule has 1 saturated carbocycles. The van der Waals surface area contributed by atoms with Crippen LogP contribution in [0, 0.1) is 5.92 Å². The lowest BCUT2D eigenvalue weighted by Crippen LogP contribution is -2.13. The van der Waals surface area contributed by atoms with Crippen molar-refractivity contribution >= 4 is 16.8 Å². The van der Waals surface area contributed by atoms with E-state index in [4.69, 9.17) is 9.47 Å². The van der Waals surface area contributed by atoms with E-state index in [-0.39, 0.29) is 11.9 Å². The fraction of sp³-hybridized carbons (Fsp3) is 0.346. The number of hydrogen-bond donors (Lipinski definition) is 0. The van der Waals surface area contributed by atoms with Crippen LogP contribution in [0.15, 0.2) is 49.1 Å². The molecule has 1 fully saturated rings. The molecule has 7 heteroatoms. The Balaban J connectivity index is 1.58. The van der Waals surface area contributed by atoms with Crippen LogP contribution in [0.5, 0.6) is 11.5 Å². The van der Waals surface area contributed by atoms with Gasteiger partial charge in [-0.2, -0.15) is 5.10 Å². The van der Waals surface area contributed by atoms with Crippen molar-refractivity contribution < 1.29 is 14.3 Å². The van der Waals surface area contributed by atoms with Crippen LogP contribution in [0.2, 0.25) is 0 Å². The second kappa shape index (κ2) is 8.39. The number of rotatable bonds is 8. The minimum absolute atomic E-state index is 0.0704. The number of Topliss-reactive ketones (excluding diaryl/α,β-unsaturated/α-hetero) is 1. The van der Waals surface area contributed by atoms with Gasteiger partial charge in [-0.05, 0) is 50.3 Å². The van der Waals surface area contributed by atoms with Gasteiger partial charge in [0.2, 0.25) is 0 Å². The van der Waals surface area contributed by atoms with Crippen LogP contribution >= 0.6 is 0 Å². The lowest BCUT2D eigenvalue weighted by molar-refractivity contribution is 0.0967. The molecule has 0 radical (unpaired) electrons. The van der Waals surface area contributed by atoms with Gasteiger partial charge in [-0.15, -0.1) is 0 Å². The monoisotopic (exact) mass is 444 g/mol. The number of carbonyl (C=O) groups is 1. The summed E-state index contributed by atoms with van der Waals surface area (Å²) >= 11 is 0. The number of benzene rings is 2. The molecule has 0 atom stereocenters. The highest BCUT2D eigenvalue weighted by atomic mass is 16.5. The van der Waals surface area contributed by atoms with Gasteiger partial charge in [-0.1, -0.05) is 6.07 Å². The van der Waals surface area contributed by atoms with Gasteiger partial charge in [-0.25, -0.2) is 4.98 Å². The van der Waals surface area contributed by atoms with Crippen LogP contribution in [-0.4, -0.2) is 38.3 Å². The van der Waals surface area contributed by atoms with Crippen LogP contribution in [0.1, 0.15) is 43.5 Å². The van der Waals surface area contributed by atoms with E-state index in [0.717, 1.165) is 40.7 Å². The fourth-order valence-corrected chi connectivity index (χ4v) is 4.15. The normalized spacial score (nSPS) is 13.6. The smallest absolute Gasteiger partial charge is 0.170 e. The Morgan fingerprint density at radius 2 is 1.94 bits per heavy atom. The van der Waals surface area contributed by atoms with E-state index >= 15 is 0 Å². The standard InChI is InChI=1S/C26H28N4O3/c1-16(2)33-25-12-20(11-24(32-4)26(25)23(31)9-17-5-6-17)30-15-27-21-10-18(7-8-22(21)30)19-13-28-29(3)14-19/h7-8,10-17H,5-6,9H2,1-4H3. The van der Waals surface area contributed by atoms with Gasteiger partial charge in [0.25, 0.3) is 0 Å². The van der Waals surface area contributed by atoms with Crippen molar-refractivity contribution in [2.24, 2.45) is 13.0 Å². The molecule has 0 bridgehead atoms. The van der Waals surface area contributed by atoms with Crippen molar-refractivity contribution in [1.82, 2.24) is 19.3 Å². The average molecular weight is 445 g/mol. The first kappa shape index (κ1) is 21.2. The third kappa shape index (κ3) is 4.23. The molecule has 2 heterocycles. The molecule has 2 aromatic carbocycles. The number of carbonyl (C=O) groups excluding carboxylic acids is 1. The Morgan fingerprint density at radius 1 is 1.15 bits per heavy atom. The molecule has 0 aliphatic heterocycles. The Labute approximate surface area is 193 Å². The Bertz CT molecular complexity index is 1330. The zero-order chi connectivity index (χ0) is 23.1. The number of nitrogens with zero attached hydrogens (tertiary/aromatic N) is 4.